The number of hydrogen-bond acceptors (Lipinski definition) is 5. The molecule has 144 valence electrons. The summed E-state index contributed by atoms with van der Waals surface area (Å²) in [6.45, 7) is 4.13. The zero-order chi connectivity index (χ0) is 19.6. The standard InChI is InChI=1S/C19H22ClN3O4/c1-3-17-21-22(19(26)23(17)27-4-2)11-13-6-5-7-14(18(13)20)16(25)10-15(24)12-8-9-12/h5-7,12H,3-4,8-11H2,1-2H3. The molecule has 0 aliphatic heterocycles. The van der Waals surface area contributed by atoms with Crippen molar-refractivity contribution in [2.45, 2.75) is 46.1 Å². The van der Waals surface area contributed by atoms with E-state index in [0.717, 1.165) is 12.8 Å². The molecule has 1 aromatic carbocycles. The lowest BCUT2D eigenvalue weighted by atomic mass is 10.0. The van der Waals surface area contributed by atoms with Gasteiger partial charge in [-0.15, -0.1) is 4.73 Å². The summed E-state index contributed by atoms with van der Waals surface area (Å²) >= 11 is 6.41. The van der Waals surface area contributed by atoms with Crippen LogP contribution in [-0.2, 0) is 17.8 Å². The van der Waals surface area contributed by atoms with Gasteiger partial charge in [0.05, 0.1) is 18.0 Å². The largest absolute Gasteiger partial charge is 0.408 e. The zero-order valence-corrected chi connectivity index (χ0v) is 16.2. The van der Waals surface area contributed by atoms with Crippen LogP contribution in [-0.4, -0.2) is 32.7 Å². The number of nitrogens with zero attached hydrogens (tertiary/aromatic N) is 3. The Hall–Kier alpha value is -2.41. The highest BCUT2D eigenvalue weighted by molar-refractivity contribution is 6.35. The molecule has 7 nitrogen and oxygen atoms in total. The van der Waals surface area contributed by atoms with E-state index >= 15 is 0 Å². The number of benzene rings is 1. The molecule has 2 aromatic rings. The summed E-state index contributed by atoms with van der Waals surface area (Å²) in [7, 11) is 0. The fraction of sp³-hybridized carbons (Fsp3) is 0.474. The smallest absolute Gasteiger partial charge is 0.379 e. The lowest BCUT2D eigenvalue weighted by Crippen LogP contribution is -2.30. The number of ketones is 2. The van der Waals surface area contributed by atoms with Gasteiger partial charge in [0.15, 0.2) is 11.6 Å². The summed E-state index contributed by atoms with van der Waals surface area (Å²) in [6, 6.07) is 5.04. The maximum Gasteiger partial charge on any atom is 0.379 e. The van der Waals surface area contributed by atoms with Crippen LogP contribution in [0.5, 0.6) is 0 Å². The molecule has 0 unspecified atom stereocenters. The van der Waals surface area contributed by atoms with Crippen LogP contribution in [0, 0.1) is 5.92 Å². The summed E-state index contributed by atoms with van der Waals surface area (Å²) in [6.07, 6.45) is 2.14. The van der Waals surface area contributed by atoms with Gasteiger partial charge in [-0.2, -0.15) is 5.10 Å². The average Bonchev–Trinajstić information content (AvgIpc) is 3.45. The maximum atomic E-state index is 12.5. The van der Waals surface area contributed by atoms with E-state index in [0.29, 0.717) is 30.0 Å². The summed E-state index contributed by atoms with van der Waals surface area (Å²) in [5.41, 5.74) is 0.494. The maximum absolute atomic E-state index is 12.5. The Morgan fingerprint density at radius 1 is 1.30 bits per heavy atom. The first-order chi connectivity index (χ1) is 13.0. The number of aromatic nitrogens is 3. The van der Waals surface area contributed by atoms with E-state index in [1.54, 1.807) is 25.1 Å². The fourth-order valence-corrected chi connectivity index (χ4v) is 3.19. The van der Waals surface area contributed by atoms with Gasteiger partial charge in [0, 0.05) is 17.9 Å². The number of carbonyl (C=O) groups excluding carboxylic acids is 2. The van der Waals surface area contributed by atoms with Gasteiger partial charge in [-0.3, -0.25) is 9.59 Å². The number of rotatable bonds is 9. The van der Waals surface area contributed by atoms with Crippen LogP contribution in [0.4, 0.5) is 0 Å². The number of Topliss-reactive ketones (excluding diaryl/α,β-unsaturated/α-hetero) is 2. The second-order valence-electron chi connectivity index (χ2n) is 6.54. The first-order valence-electron chi connectivity index (χ1n) is 9.11. The molecule has 0 saturated heterocycles. The van der Waals surface area contributed by atoms with Crippen molar-refractivity contribution in [2.75, 3.05) is 6.61 Å². The van der Waals surface area contributed by atoms with E-state index in [1.807, 2.05) is 6.92 Å². The third-order valence-corrected chi connectivity index (χ3v) is 4.95. The summed E-state index contributed by atoms with van der Waals surface area (Å²) in [5, 5.41) is 4.53. The Kier molecular flexibility index (Phi) is 5.79. The van der Waals surface area contributed by atoms with E-state index in [-0.39, 0.29) is 35.5 Å². The Balaban J connectivity index is 1.85. The van der Waals surface area contributed by atoms with Gasteiger partial charge in [0.1, 0.15) is 12.4 Å². The highest BCUT2D eigenvalue weighted by Gasteiger charge is 2.31. The lowest BCUT2D eigenvalue weighted by molar-refractivity contribution is -0.119. The van der Waals surface area contributed by atoms with E-state index in [4.69, 9.17) is 16.4 Å². The molecule has 0 atom stereocenters. The van der Waals surface area contributed by atoms with Crippen molar-refractivity contribution in [1.29, 1.82) is 0 Å². The minimum atomic E-state index is -0.398. The molecule has 1 saturated carbocycles. The molecule has 1 aliphatic rings. The predicted octanol–water partition coefficient (Wildman–Crippen LogP) is 2.31. The van der Waals surface area contributed by atoms with Gasteiger partial charge in [0.25, 0.3) is 0 Å². The van der Waals surface area contributed by atoms with Gasteiger partial charge in [-0.05, 0) is 31.4 Å². The van der Waals surface area contributed by atoms with E-state index in [2.05, 4.69) is 5.10 Å². The summed E-state index contributed by atoms with van der Waals surface area (Å²) in [4.78, 5) is 42.2. The minimum Gasteiger partial charge on any atom is -0.408 e. The Labute approximate surface area is 161 Å². The Morgan fingerprint density at radius 2 is 2.04 bits per heavy atom. The molecule has 27 heavy (non-hydrogen) atoms. The van der Waals surface area contributed by atoms with E-state index in [9.17, 15) is 14.4 Å². The molecule has 0 amide bonds. The van der Waals surface area contributed by atoms with Crippen molar-refractivity contribution in [3.8, 4) is 0 Å². The Bertz CT molecular complexity index is 928. The first-order valence-corrected chi connectivity index (χ1v) is 9.49. The second-order valence-corrected chi connectivity index (χ2v) is 6.92. The third-order valence-electron chi connectivity index (χ3n) is 4.51. The second kappa shape index (κ2) is 8.08. The van der Waals surface area contributed by atoms with Crippen LogP contribution in [0.3, 0.4) is 0 Å². The van der Waals surface area contributed by atoms with Gasteiger partial charge < -0.3 is 4.84 Å². The topological polar surface area (TPSA) is 83.2 Å². The fourth-order valence-electron chi connectivity index (χ4n) is 2.90. The third kappa shape index (κ3) is 4.13. The van der Waals surface area contributed by atoms with Crippen LogP contribution >= 0.6 is 11.6 Å². The molecular weight excluding hydrogens is 370 g/mol. The molecule has 1 heterocycles. The van der Waals surface area contributed by atoms with Crippen molar-refractivity contribution in [2.24, 2.45) is 5.92 Å². The van der Waals surface area contributed by atoms with Gasteiger partial charge in [-0.25, -0.2) is 9.48 Å². The quantitative estimate of drug-likeness (QED) is 0.484. The highest BCUT2D eigenvalue weighted by atomic mass is 35.5. The van der Waals surface area contributed by atoms with Gasteiger partial charge in [-0.1, -0.05) is 30.7 Å². The number of carbonyl (C=O) groups is 2. The highest BCUT2D eigenvalue weighted by Crippen LogP contribution is 2.32. The molecule has 0 bridgehead atoms. The number of hydrogen-bond donors (Lipinski definition) is 0. The van der Waals surface area contributed by atoms with E-state index in [1.165, 1.54) is 9.41 Å². The molecule has 0 spiro atoms. The molecule has 0 radical (unpaired) electrons. The van der Waals surface area contributed by atoms with Crippen LogP contribution in [0.2, 0.25) is 5.02 Å². The van der Waals surface area contributed by atoms with Crippen molar-refractivity contribution in [1.82, 2.24) is 14.5 Å². The number of aryl methyl sites for hydroxylation is 1. The minimum absolute atomic E-state index is 0.0271. The predicted molar refractivity (Wildman–Crippen MR) is 100 cm³/mol. The van der Waals surface area contributed by atoms with Gasteiger partial charge >= 0.3 is 5.69 Å². The molecule has 3 rings (SSSR count). The number of halogens is 1. The SMILES string of the molecule is CCOn1c(CC)nn(Cc2cccc(C(=O)CC(=O)C3CC3)c2Cl)c1=O. The summed E-state index contributed by atoms with van der Waals surface area (Å²) < 4.78 is 2.44. The lowest BCUT2D eigenvalue weighted by Gasteiger charge is -2.08. The zero-order valence-electron chi connectivity index (χ0n) is 15.4. The van der Waals surface area contributed by atoms with Crippen molar-refractivity contribution >= 4 is 23.2 Å². The molecule has 1 fully saturated rings. The van der Waals surface area contributed by atoms with Crippen LogP contribution < -0.4 is 10.5 Å². The summed E-state index contributed by atoms with van der Waals surface area (Å²) in [5.74, 6) is 0.227. The first kappa shape index (κ1) is 19.4. The van der Waals surface area contributed by atoms with Crippen molar-refractivity contribution < 1.29 is 14.4 Å². The van der Waals surface area contributed by atoms with Gasteiger partial charge in [0.2, 0.25) is 0 Å². The van der Waals surface area contributed by atoms with Crippen LogP contribution in [0.1, 0.15) is 54.9 Å². The van der Waals surface area contributed by atoms with Crippen molar-refractivity contribution in [3.05, 3.63) is 50.7 Å². The molecule has 0 N–H and O–H groups in total. The van der Waals surface area contributed by atoms with Crippen LogP contribution in [0.15, 0.2) is 23.0 Å². The average molecular weight is 392 g/mol. The van der Waals surface area contributed by atoms with Crippen LogP contribution in [0.25, 0.3) is 0 Å². The monoisotopic (exact) mass is 391 g/mol. The Morgan fingerprint density at radius 3 is 2.67 bits per heavy atom. The normalized spacial score (nSPS) is 13.6. The molecular formula is C19H22ClN3O4. The van der Waals surface area contributed by atoms with Crippen molar-refractivity contribution in [3.63, 3.8) is 0 Å². The molecule has 1 aliphatic carbocycles. The molecule has 8 heteroatoms. The molecule has 1 aromatic heterocycles. The van der Waals surface area contributed by atoms with E-state index < -0.39 is 5.69 Å².